The minimum Gasteiger partial charge on any atom is -0.352 e. The Hall–Kier alpha value is -0.150. The second-order valence-electron chi connectivity index (χ2n) is 8.97. The summed E-state index contributed by atoms with van der Waals surface area (Å²) in [7, 11) is 0. The predicted molar refractivity (Wildman–Crippen MR) is 100.0 cm³/mol. The number of alkyl halides is 1. The van der Waals surface area contributed by atoms with Crippen LogP contribution in [-0.2, 0) is 9.47 Å². The van der Waals surface area contributed by atoms with Crippen molar-refractivity contribution in [3.05, 3.63) is 0 Å². The standard InChI is InChI=1S/C22H39FO2/c1-3-5-17-7-11-19(12-8-17)21-24-16-15-22(23,25-21)20-13-9-18(6-4-2)10-14-20/h17-21H,3-16H2,1-2H3/t17?,18?,19?,20?,21-,22+/m0/s1. The molecule has 0 N–H and O–H groups in total. The summed E-state index contributed by atoms with van der Waals surface area (Å²) in [6.07, 6.45) is 14.5. The molecule has 2 nitrogen and oxygen atoms in total. The average Bonchev–Trinajstić information content (AvgIpc) is 2.63. The molecule has 3 aliphatic rings. The zero-order chi connectivity index (χ0) is 17.7. The minimum atomic E-state index is -1.43. The van der Waals surface area contributed by atoms with Gasteiger partial charge in [0.25, 0.3) is 0 Å². The second kappa shape index (κ2) is 9.17. The van der Waals surface area contributed by atoms with Crippen LogP contribution in [0.15, 0.2) is 0 Å². The highest BCUT2D eigenvalue weighted by Crippen LogP contribution is 2.46. The first-order chi connectivity index (χ1) is 12.1. The molecule has 25 heavy (non-hydrogen) atoms. The van der Waals surface area contributed by atoms with Gasteiger partial charge in [0.05, 0.1) is 6.61 Å². The number of ether oxygens (including phenoxy) is 2. The topological polar surface area (TPSA) is 18.5 Å². The quantitative estimate of drug-likeness (QED) is 0.533. The van der Waals surface area contributed by atoms with Crippen molar-refractivity contribution in [2.75, 3.05) is 6.61 Å². The molecule has 0 amide bonds. The van der Waals surface area contributed by atoms with E-state index in [-0.39, 0.29) is 12.2 Å². The van der Waals surface area contributed by atoms with Gasteiger partial charge in [-0.3, -0.25) is 0 Å². The van der Waals surface area contributed by atoms with E-state index < -0.39 is 5.85 Å². The lowest BCUT2D eigenvalue weighted by Crippen LogP contribution is -2.49. The van der Waals surface area contributed by atoms with Gasteiger partial charge in [-0.2, -0.15) is 0 Å². The molecule has 3 rings (SSSR count). The van der Waals surface area contributed by atoms with E-state index >= 15 is 4.39 Å². The van der Waals surface area contributed by atoms with Crippen LogP contribution in [0.3, 0.4) is 0 Å². The van der Waals surface area contributed by atoms with Gasteiger partial charge in [-0.1, -0.05) is 39.5 Å². The molecule has 1 heterocycles. The summed E-state index contributed by atoms with van der Waals surface area (Å²) in [5, 5.41) is 0. The van der Waals surface area contributed by atoms with Gasteiger partial charge in [0, 0.05) is 18.3 Å². The molecule has 0 aromatic heterocycles. The normalized spacial score (nSPS) is 43.1. The lowest BCUT2D eigenvalue weighted by molar-refractivity contribution is -0.339. The molecule has 0 aromatic carbocycles. The molecular weight excluding hydrogens is 315 g/mol. The SMILES string of the molecule is CCCC1CCC([C@H]2OCC[C@](F)(C3CCC(CCC)CC3)O2)CC1. The molecule has 1 aliphatic heterocycles. The van der Waals surface area contributed by atoms with Crippen LogP contribution in [0.5, 0.6) is 0 Å². The van der Waals surface area contributed by atoms with Crippen LogP contribution in [0.1, 0.15) is 97.3 Å². The third-order valence-electron chi connectivity index (χ3n) is 7.16. The molecule has 2 atom stereocenters. The van der Waals surface area contributed by atoms with Gasteiger partial charge >= 0.3 is 0 Å². The van der Waals surface area contributed by atoms with E-state index in [4.69, 9.17) is 9.47 Å². The molecule has 0 radical (unpaired) electrons. The maximum Gasteiger partial charge on any atom is 0.216 e. The fourth-order valence-corrected chi connectivity index (χ4v) is 5.58. The maximum atomic E-state index is 15.7. The van der Waals surface area contributed by atoms with Gasteiger partial charge < -0.3 is 9.47 Å². The largest absolute Gasteiger partial charge is 0.352 e. The molecule has 3 fully saturated rings. The van der Waals surface area contributed by atoms with Gasteiger partial charge in [-0.05, 0) is 63.2 Å². The van der Waals surface area contributed by atoms with Crippen molar-refractivity contribution >= 4 is 0 Å². The summed E-state index contributed by atoms with van der Waals surface area (Å²) in [5.41, 5.74) is 0. The Labute approximate surface area is 154 Å². The second-order valence-corrected chi connectivity index (χ2v) is 8.97. The van der Waals surface area contributed by atoms with E-state index in [2.05, 4.69) is 13.8 Å². The number of hydrogen-bond donors (Lipinski definition) is 0. The smallest absolute Gasteiger partial charge is 0.216 e. The zero-order valence-electron chi connectivity index (χ0n) is 16.5. The fourth-order valence-electron chi connectivity index (χ4n) is 5.58. The first-order valence-corrected chi connectivity index (χ1v) is 11.1. The van der Waals surface area contributed by atoms with Crippen LogP contribution < -0.4 is 0 Å². The number of halogens is 1. The van der Waals surface area contributed by atoms with E-state index in [0.717, 1.165) is 37.5 Å². The van der Waals surface area contributed by atoms with Crippen molar-refractivity contribution < 1.29 is 13.9 Å². The van der Waals surface area contributed by atoms with Gasteiger partial charge in [0.1, 0.15) is 0 Å². The summed E-state index contributed by atoms with van der Waals surface area (Å²) in [5.74, 6) is 0.743. The molecule has 0 unspecified atom stereocenters. The van der Waals surface area contributed by atoms with Crippen molar-refractivity contribution in [3.63, 3.8) is 0 Å². The molecule has 2 aliphatic carbocycles. The lowest BCUT2D eigenvalue weighted by atomic mass is 9.75. The monoisotopic (exact) mass is 354 g/mol. The summed E-state index contributed by atoms with van der Waals surface area (Å²) >= 11 is 0. The predicted octanol–water partition coefficient (Wildman–Crippen LogP) is 6.63. The van der Waals surface area contributed by atoms with Crippen LogP contribution in [0.4, 0.5) is 4.39 Å². The number of rotatable bonds is 6. The van der Waals surface area contributed by atoms with Crippen molar-refractivity contribution in [3.8, 4) is 0 Å². The van der Waals surface area contributed by atoms with E-state index in [9.17, 15) is 0 Å². The molecule has 0 aromatic rings. The Balaban J connectivity index is 1.50. The molecule has 1 saturated heterocycles. The van der Waals surface area contributed by atoms with Gasteiger partial charge in [0.2, 0.25) is 5.85 Å². The summed E-state index contributed by atoms with van der Waals surface area (Å²) in [4.78, 5) is 0. The van der Waals surface area contributed by atoms with Gasteiger partial charge in [0.15, 0.2) is 6.29 Å². The Morgan fingerprint density at radius 3 is 1.96 bits per heavy atom. The van der Waals surface area contributed by atoms with Crippen molar-refractivity contribution in [1.82, 2.24) is 0 Å². The Morgan fingerprint density at radius 1 is 0.840 bits per heavy atom. The third kappa shape index (κ3) is 4.97. The maximum absolute atomic E-state index is 15.7. The fraction of sp³-hybridized carbons (Fsp3) is 1.00. The summed E-state index contributed by atoms with van der Waals surface area (Å²) in [6, 6.07) is 0. The van der Waals surface area contributed by atoms with Crippen LogP contribution in [-0.4, -0.2) is 18.8 Å². The van der Waals surface area contributed by atoms with E-state index in [0.29, 0.717) is 18.9 Å². The average molecular weight is 355 g/mol. The van der Waals surface area contributed by atoms with E-state index in [1.165, 1.54) is 51.4 Å². The Morgan fingerprint density at radius 2 is 1.40 bits per heavy atom. The number of hydrogen-bond acceptors (Lipinski definition) is 2. The highest BCUT2D eigenvalue weighted by Gasteiger charge is 2.47. The Bertz CT molecular complexity index is 385. The molecular formula is C22H39FO2. The summed E-state index contributed by atoms with van der Waals surface area (Å²) < 4.78 is 27.6. The Kier molecular flexibility index (Phi) is 7.19. The summed E-state index contributed by atoms with van der Waals surface area (Å²) in [6.45, 7) is 5.06. The first-order valence-electron chi connectivity index (χ1n) is 11.1. The van der Waals surface area contributed by atoms with Crippen LogP contribution in [0.25, 0.3) is 0 Å². The van der Waals surface area contributed by atoms with Crippen molar-refractivity contribution in [1.29, 1.82) is 0 Å². The van der Waals surface area contributed by atoms with Gasteiger partial charge in [-0.15, -0.1) is 0 Å². The van der Waals surface area contributed by atoms with Crippen molar-refractivity contribution in [2.45, 2.75) is 109 Å². The molecule has 0 bridgehead atoms. The first kappa shape index (κ1) is 19.6. The van der Waals surface area contributed by atoms with Gasteiger partial charge in [-0.25, -0.2) is 4.39 Å². The molecule has 2 saturated carbocycles. The molecule has 0 spiro atoms. The molecule has 146 valence electrons. The lowest BCUT2D eigenvalue weighted by Gasteiger charge is -2.45. The van der Waals surface area contributed by atoms with E-state index in [1.54, 1.807) is 0 Å². The van der Waals surface area contributed by atoms with Crippen LogP contribution >= 0.6 is 0 Å². The van der Waals surface area contributed by atoms with Crippen LogP contribution in [0, 0.1) is 23.7 Å². The molecule has 3 heteroatoms. The van der Waals surface area contributed by atoms with Crippen LogP contribution in [0.2, 0.25) is 0 Å². The highest BCUT2D eigenvalue weighted by atomic mass is 19.2. The van der Waals surface area contributed by atoms with Crippen molar-refractivity contribution in [2.24, 2.45) is 23.7 Å². The van der Waals surface area contributed by atoms with E-state index in [1.807, 2.05) is 0 Å². The third-order valence-corrected chi connectivity index (χ3v) is 7.16. The highest BCUT2D eigenvalue weighted by molar-refractivity contribution is 4.87. The minimum absolute atomic E-state index is 0.0865. The zero-order valence-corrected chi connectivity index (χ0v) is 16.5.